The number of carbonyl (C=O) groups excluding carboxylic acids is 2. The molecule has 1 heterocycles. The predicted octanol–water partition coefficient (Wildman–Crippen LogP) is 0.925. The number of nitrogens with one attached hydrogen (secondary N) is 2. The number of benzene rings is 1. The average Bonchev–Trinajstić information content (AvgIpc) is 2.77. The van der Waals surface area contributed by atoms with Gasteiger partial charge in [0.15, 0.2) is 0 Å². The topological polar surface area (TPSA) is 87.5 Å². The molecule has 19 heavy (non-hydrogen) atoms. The maximum absolute atomic E-state index is 11.5. The minimum Gasteiger partial charge on any atom is -0.336 e. The fourth-order valence-corrected chi connectivity index (χ4v) is 1.80. The average molecular weight is 285 g/mol. The first kappa shape index (κ1) is 15.3. The van der Waals surface area contributed by atoms with Crippen LogP contribution in [0.25, 0.3) is 0 Å². The van der Waals surface area contributed by atoms with E-state index in [2.05, 4.69) is 10.6 Å². The highest BCUT2D eigenvalue weighted by Gasteiger charge is 2.20. The second-order valence-corrected chi connectivity index (χ2v) is 4.02. The molecule has 1 aromatic carbocycles. The van der Waals surface area contributed by atoms with Crippen LogP contribution in [0.2, 0.25) is 0 Å². The molecule has 7 heteroatoms. The number of hydrogen-bond donors (Lipinski definition) is 3. The highest BCUT2D eigenvalue weighted by molar-refractivity contribution is 5.95. The molecule has 0 aromatic heterocycles. The van der Waals surface area contributed by atoms with Crippen LogP contribution in [0.1, 0.15) is 6.42 Å². The molecular formula is C12H17ClN4O2. The van der Waals surface area contributed by atoms with Crippen molar-refractivity contribution in [2.75, 3.05) is 29.9 Å². The van der Waals surface area contributed by atoms with Crippen molar-refractivity contribution in [3.8, 4) is 0 Å². The second kappa shape index (κ2) is 6.96. The predicted molar refractivity (Wildman–Crippen MR) is 76.7 cm³/mol. The molecule has 0 spiro atoms. The van der Waals surface area contributed by atoms with Gasteiger partial charge in [-0.05, 0) is 24.3 Å². The van der Waals surface area contributed by atoms with E-state index in [0.29, 0.717) is 31.7 Å². The van der Waals surface area contributed by atoms with Gasteiger partial charge in [-0.2, -0.15) is 0 Å². The van der Waals surface area contributed by atoms with Crippen molar-refractivity contribution in [1.29, 1.82) is 0 Å². The van der Waals surface area contributed by atoms with Crippen LogP contribution in [-0.4, -0.2) is 31.6 Å². The number of carbonyl (C=O) groups is 2. The quantitative estimate of drug-likeness (QED) is 0.768. The molecule has 0 unspecified atom stereocenters. The van der Waals surface area contributed by atoms with Gasteiger partial charge in [-0.25, -0.2) is 4.79 Å². The van der Waals surface area contributed by atoms with E-state index in [0.717, 1.165) is 5.69 Å². The summed E-state index contributed by atoms with van der Waals surface area (Å²) in [5, 5.41) is 5.47. The summed E-state index contributed by atoms with van der Waals surface area (Å²) in [4.78, 5) is 24.5. The number of halogens is 1. The van der Waals surface area contributed by atoms with Crippen LogP contribution in [0.15, 0.2) is 24.3 Å². The zero-order valence-electron chi connectivity index (χ0n) is 10.4. The van der Waals surface area contributed by atoms with Gasteiger partial charge >= 0.3 is 6.03 Å². The maximum Gasteiger partial charge on any atom is 0.321 e. The molecule has 0 atom stereocenters. The molecule has 1 fully saturated rings. The second-order valence-electron chi connectivity index (χ2n) is 4.02. The molecule has 0 saturated carbocycles. The third kappa shape index (κ3) is 3.84. The van der Waals surface area contributed by atoms with E-state index in [9.17, 15) is 9.59 Å². The van der Waals surface area contributed by atoms with Crippen LogP contribution in [0.5, 0.6) is 0 Å². The molecule has 1 aliphatic rings. The minimum atomic E-state index is -0.107. The smallest absolute Gasteiger partial charge is 0.321 e. The van der Waals surface area contributed by atoms with Crippen molar-refractivity contribution >= 4 is 35.7 Å². The summed E-state index contributed by atoms with van der Waals surface area (Å²) in [5.74, 6) is -0.107. The van der Waals surface area contributed by atoms with E-state index in [1.165, 1.54) is 0 Å². The standard InChI is InChI=1S/C12H16N4O2.ClH/c13-6-5-11(17)15-9-1-3-10(4-2-9)16-8-7-14-12(16)18;/h1-4H,5-8,13H2,(H,14,18)(H,15,17);1H. The number of hydrogen-bond acceptors (Lipinski definition) is 3. The highest BCUT2D eigenvalue weighted by Crippen LogP contribution is 2.19. The first-order valence-corrected chi connectivity index (χ1v) is 5.86. The van der Waals surface area contributed by atoms with Crippen molar-refractivity contribution in [3.05, 3.63) is 24.3 Å². The largest absolute Gasteiger partial charge is 0.336 e. The summed E-state index contributed by atoms with van der Waals surface area (Å²) in [6.45, 7) is 1.66. The van der Waals surface area contributed by atoms with Gasteiger partial charge in [0.2, 0.25) is 5.91 Å². The number of urea groups is 1. The highest BCUT2D eigenvalue weighted by atomic mass is 35.5. The lowest BCUT2D eigenvalue weighted by Gasteiger charge is -2.14. The van der Waals surface area contributed by atoms with Gasteiger partial charge in [0.25, 0.3) is 0 Å². The van der Waals surface area contributed by atoms with Gasteiger partial charge in [0.1, 0.15) is 0 Å². The van der Waals surface area contributed by atoms with Crippen molar-refractivity contribution < 1.29 is 9.59 Å². The zero-order chi connectivity index (χ0) is 13.0. The Labute approximate surface area is 117 Å². The summed E-state index contributed by atoms with van der Waals surface area (Å²) in [5.41, 5.74) is 6.82. The normalized spacial score (nSPS) is 13.7. The first-order chi connectivity index (χ1) is 8.70. The lowest BCUT2D eigenvalue weighted by molar-refractivity contribution is -0.116. The van der Waals surface area contributed by atoms with E-state index in [1.807, 2.05) is 12.1 Å². The van der Waals surface area contributed by atoms with Gasteiger partial charge in [-0.3, -0.25) is 9.69 Å². The monoisotopic (exact) mass is 284 g/mol. The Morgan fingerprint density at radius 3 is 2.58 bits per heavy atom. The van der Waals surface area contributed by atoms with Crippen LogP contribution in [0.4, 0.5) is 16.2 Å². The maximum atomic E-state index is 11.5. The van der Waals surface area contributed by atoms with Crippen molar-refractivity contribution in [2.45, 2.75) is 6.42 Å². The van der Waals surface area contributed by atoms with E-state index < -0.39 is 0 Å². The fourth-order valence-electron chi connectivity index (χ4n) is 1.80. The molecule has 0 aliphatic carbocycles. The van der Waals surface area contributed by atoms with Gasteiger partial charge in [-0.15, -0.1) is 12.4 Å². The summed E-state index contributed by atoms with van der Waals surface area (Å²) in [6, 6.07) is 7.08. The number of amides is 3. The van der Waals surface area contributed by atoms with Gasteiger partial charge < -0.3 is 16.4 Å². The van der Waals surface area contributed by atoms with Crippen LogP contribution in [-0.2, 0) is 4.79 Å². The summed E-state index contributed by atoms with van der Waals surface area (Å²) < 4.78 is 0. The molecule has 0 radical (unpaired) electrons. The van der Waals surface area contributed by atoms with E-state index >= 15 is 0 Å². The molecule has 1 aromatic rings. The van der Waals surface area contributed by atoms with Crippen LogP contribution in [0, 0.1) is 0 Å². The zero-order valence-corrected chi connectivity index (χ0v) is 11.2. The third-order valence-corrected chi connectivity index (χ3v) is 2.69. The molecule has 1 aliphatic heterocycles. The van der Waals surface area contributed by atoms with E-state index in [4.69, 9.17) is 5.73 Å². The fraction of sp³-hybridized carbons (Fsp3) is 0.333. The molecule has 104 valence electrons. The molecule has 2 rings (SSSR count). The minimum absolute atomic E-state index is 0. The number of nitrogens with zero attached hydrogens (tertiary/aromatic N) is 1. The van der Waals surface area contributed by atoms with Crippen LogP contribution < -0.4 is 21.3 Å². The summed E-state index contributed by atoms with van der Waals surface area (Å²) in [7, 11) is 0. The van der Waals surface area contributed by atoms with Crippen molar-refractivity contribution in [1.82, 2.24) is 5.32 Å². The Hall–Kier alpha value is -1.79. The SMILES string of the molecule is Cl.NCCC(=O)Nc1ccc(N2CCNC2=O)cc1. The molecular weight excluding hydrogens is 268 g/mol. The number of rotatable bonds is 4. The Kier molecular flexibility index (Phi) is 5.59. The Morgan fingerprint density at radius 2 is 2.05 bits per heavy atom. The van der Waals surface area contributed by atoms with Crippen LogP contribution >= 0.6 is 12.4 Å². The number of anilines is 2. The molecule has 0 bridgehead atoms. The van der Waals surface area contributed by atoms with Gasteiger partial charge in [0.05, 0.1) is 0 Å². The lowest BCUT2D eigenvalue weighted by atomic mass is 10.2. The molecule has 4 N–H and O–H groups in total. The molecule has 3 amide bonds. The Balaban J connectivity index is 0.00000180. The van der Waals surface area contributed by atoms with Crippen molar-refractivity contribution in [2.24, 2.45) is 5.73 Å². The molecule has 1 saturated heterocycles. The third-order valence-electron chi connectivity index (χ3n) is 2.69. The summed E-state index contributed by atoms with van der Waals surface area (Å²) in [6.07, 6.45) is 0.302. The van der Waals surface area contributed by atoms with E-state index in [-0.39, 0.29) is 24.3 Å². The summed E-state index contributed by atoms with van der Waals surface area (Å²) >= 11 is 0. The lowest BCUT2D eigenvalue weighted by Crippen LogP contribution is -2.27. The van der Waals surface area contributed by atoms with Gasteiger partial charge in [0, 0.05) is 37.4 Å². The van der Waals surface area contributed by atoms with Gasteiger partial charge in [-0.1, -0.05) is 0 Å². The first-order valence-electron chi connectivity index (χ1n) is 5.86. The molecule has 6 nitrogen and oxygen atoms in total. The van der Waals surface area contributed by atoms with Crippen LogP contribution in [0.3, 0.4) is 0 Å². The Morgan fingerprint density at radius 1 is 1.37 bits per heavy atom. The van der Waals surface area contributed by atoms with Crippen molar-refractivity contribution in [3.63, 3.8) is 0 Å². The van der Waals surface area contributed by atoms with E-state index in [1.54, 1.807) is 17.0 Å². The Bertz CT molecular complexity index is 450. The number of nitrogens with two attached hydrogens (primary N) is 1.